The van der Waals surface area contributed by atoms with Crippen molar-refractivity contribution in [2.45, 2.75) is 39.3 Å². The lowest BCUT2D eigenvalue weighted by Gasteiger charge is -2.12. The maximum absolute atomic E-state index is 5.48. The van der Waals surface area contributed by atoms with Crippen LogP contribution in [0.25, 0.3) is 0 Å². The normalized spacial score (nSPS) is 13.3. The van der Waals surface area contributed by atoms with Gasteiger partial charge in [0.2, 0.25) is 0 Å². The molecule has 2 nitrogen and oxygen atoms in total. The van der Waals surface area contributed by atoms with Gasteiger partial charge < -0.3 is 10.1 Å². The van der Waals surface area contributed by atoms with Crippen molar-refractivity contribution in [2.75, 3.05) is 13.2 Å². The first-order valence-electron chi connectivity index (χ1n) is 5.58. The third kappa shape index (κ3) is 5.30. The van der Waals surface area contributed by atoms with Crippen molar-refractivity contribution in [3.8, 4) is 0 Å². The van der Waals surface area contributed by atoms with Crippen molar-refractivity contribution in [2.24, 2.45) is 0 Å². The van der Waals surface area contributed by atoms with Crippen molar-refractivity contribution in [3.05, 3.63) is 22.4 Å². The van der Waals surface area contributed by atoms with Crippen LogP contribution in [0.1, 0.15) is 38.1 Å². The molecule has 1 rings (SSSR count). The molecule has 86 valence electrons. The molecule has 0 amide bonds. The van der Waals surface area contributed by atoms with E-state index in [4.69, 9.17) is 4.74 Å². The zero-order chi connectivity index (χ0) is 11.1. The van der Waals surface area contributed by atoms with E-state index in [0.717, 1.165) is 19.6 Å². The molecule has 0 fully saturated rings. The predicted octanol–water partition coefficient (Wildman–Crippen LogP) is 3.21. The Balaban J connectivity index is 2.05. The van der Waals surface area contributed by atoms with Crippen LogP contribution >= 0.6 is 11.3 Å². The first-order valence-corrected chi connectivity index (χ1v) is 6.46. The molecule has 1 aromatic rings. The molecule has 0 bridgehead atoms. The first-order chi connectivity index (χ1) is 7.20. The summed E-state index contributed by atoms with van der Waals surface area (Å²) >= 11 is 1.81. The van der Waals surface area contributed by atoms with Gasteiger partial charge >= 0.3 is 0 Å². The molecule has 0 aliphatic heterocycles. The van der Waals surface area contributed by atoms with Gasteiger partial charge in [-0.3, -0.25) is 0 Å². The summed E-state index contributed by atoms with van der Waals surface area (Å²) in [5.74, 6) is 0. The Kier molecular flexibility index (Phi) is 5.91. The molecule has 0 saturated heterocycles. The van der Waals surface area contributed by atoms with Gasteiger partial charge in [-0.1, -0.05) is 6.07 Å². The summed E-state index contributed by atoms with van der Waals surface area (Å²) in [6.07, 6.45) is 1.42. The second kappa shape index (κ2) is 6.99. The van der Waals surface area contributed by atoms with Crippen molar-refractivity contribution in [1.82, 2.24) is 5.32 Å². The second-order valence-corrected chi connectivity index (χ2v) is 4.94. The summed E-state index contributed by atoms with van der Waals surface area (Å²) in [7, 11) is 0. The van der Waals surface area contributed by atoms with Gasteiger partial charge in [-0.2, -0.15) is 0 Å². The number of hydrogen-bond acceptors (Lipinski definition) is 3. The Morgan fingerprint density at radius 1 is 1.40 bits per heavy atom. The van der Waals surface area contributed by atoms with Gasteiger partial charge in [0.05, 0.1) is 6.10 Å². The maximum atomic E-state index is 5.48. The Hall–Kier alpha value is -0.380. The largest absolute Gasteiger partial charge is 0.379 e. The monoisotopic (exact) mass is 227 g/mol. The first kappa shape index (κ1) is 12.7. The van der Waals surface area contributed by atoms with Gasteiger partial charge in [0.15, 0.2) is 0 Å². The fourth-order valence-electron chi connectivity index (χ4n) is 1.35. The van der Waals surface area contributed by atoms with Gasteiger partial charge in [-0.15, -0.1) is 11.3 Å². The van der Waals surface area contributed by atoms with Crippen LogP contribution in [-0.4, -0.2) is 19.3 Å². The lowest BCUT2D eigenvalue weighted by atomic mass is 10.2. The summed E-state index contributed by atoms with van der Waals surface area (Å²) in [6.45, 7) is 8.21. The Labute approximate surface area is 96.7 Å². The van der Waals surface area contributed by atoms with Crippen LogP contribution in [0, 0.1) is 0 Å². The van der Waals surface area contributed by atoms with Gasteiger partial charge in [0.25, 0.3) is 0 Å². The summed E-state index contributed by atoms with van der Waals surface area (Å²) < 4.78 is 5.48. The zero-order valence-corrected chi connectivity index (χ0v) is 10.6. The SMILES string of the molecule is CC(C)OCCCNC(C)c1cccs1. The van der Waals surface area contributed by atoms with E-state index in [0.29, 0.717) is 12.1 Å². The molecule has 1 N–H and O–H groups in total. The van der Waals surface area contributed by atoms with Crippen LogP contribution in [0.3, 0.4) is 0 Å². The van der Waals surface area contributed by atoms with E-state index in [1.807, 2.05) is 0 Å². The van der Waals surface area contributed by atoms with E-state index in [1.54, 1.807) is 11.3 Å². The summed E-state index contributed by atoms with van der Waals surface area (Å²) in [5.41, 5.74) is 0. The highest BCUT2D eigenvalue weighted by molar-refractivity contribution is 7.10. The van der Waals surface area contributed by atoms with Crippen LogP contribution in [0.4, 0.5) is 0 Å². The molecule has 0 spiro atoms. The van der Waals surface area contributed by atoms with Crippen molar-refractivity contribution in [1.29, 1.82) is 0 Å². The smallest absolute Gasteiger partial charge is 0.0518 e. The number of thiophene rings is 1. The quantitative estimate of drug-likeness (QED) is 0.722. The Morgan fingerprint density at radius 3 is 2.80 bits per heavy atom. The number of nitrogens with one attached hydrogen (secondary N) is 1. The minimum absolute atomic E-state index is 0.347. The van der Waals surface area contributed by atoms with E-state index in [2.05, 4.69) is 43.6 Å². The topological polar surface area (TPSA) is 21.3 Å². The average molecular weight is 227 g/mol. The van der Waals surface area contributed by atoms with Crippen molar-refractivity contribution >= 4 is 11.3 Å². The highest BCUT2D eigenvalue weighted by atomic mass is 32.1. The molecule has 15 heavy (non-hydrogen) atoms. The fraction of sp³-hybridized carbons (Fsp3) is 0.667. The molecule has 0 aliphatic carbocycles. The van der Waals surface area contributed by atoms with Gasteiger partial charge in [0.1, 0.15) is 0 Å². The Morgan fingerprint density at radius 2 is 2.20 bits per heavy atom. The van der Waals surface area contributed by atoms with Gasteiger partial charge in [0, 0.05) is 17.5 Å². The Bertz CT molecular complexity index is 246. The lowest BCUT2D eigenvalue weighted by molar-refractivity contribution is 0.0768. The summed E-state index contributed by atoms with van der Waals surface area (Å²) in [4.78, 5) is 1.40. The third-order valence-corrected chi connectivity index (χ3v) is 3.25. The van der Waals surface area contributed by atoms with Gasteiger partial charge in [-0.25, -0.2) is 0 Å². The highest BCUT2D eigenvalue weighted by Gasteiger charge is 2.04. The van der Waals surface area contributed by atoms with Crippen LogP contribution in [0.5, 0.6) is 0 Å². The van der Waals surface area contributed by atoms with Crippen molar-refractivity contribution in [3.63, 3.8) is 0 Å². The predicted molar refractivity (Wildman–Crippen MR) is 66.4 cm³/mol. The standard InChI is InChI=1S/C12H21NOS/c1-10(2)14-8-5-7-13-11(3)12-6-4-9-15-12/h4,6,9-11,13H,5,7-8H2,1-3H3. The molecular formula is C12H21NOS. The molecule has 3 heteroatoms. The lowest BCUT2D eigenvalue weighted by Crippen LogP contribution is -2.20. The van der Waals surface area contributed by atoms with E-state index < -0.39 is 0 Å². The van der Waals surface area contributed by atoms with E-state index in [1.165, 1.54) is 4.88 Å². The number of ether oxygens (including phenoxy) is 1. The fourth-order valence-corrected chi connectivity index (χ4v) is 2.11. The number of hydrogen-bond donors (Lipinski definition) is 1. The zero-order valence-electron chi connectivity index (χ0n) is 9.82. The van der Waals surface area contributed by atoms with E-state index in [9.17, 15) is 0 Å². The summed E-state index contributed by atoms with van der Waals surface area (Å²) in [5, 5.41) is 5.61. The molecule has 0 radical (unpaired) electrons. The molecule has 0 aliphatic rings. The summed E-state index contributed by atoms with van der Waals surface area (Å²) in [6, 6.07) is 4.73. The van der Waals surface area contributed by atoms with Crippen LogP contribution in [0.15, 0.2) is 17.5 Å². The third-order valence-electron chi connectivity index (χ3n) is 2.19. The molecular weight excluding hydrogens is 206 g/mol. The molecule has 0 aromatic carbocycles. The molecule has 1 aromatic heterocycles. The van der Waals surface area contributed by atoms with Crippen LogP contribution in [-0.2, 0) is 4.74 Å². The van der Waals surface area contributed by atoms with Crippen molar-refractivity contribution < 1.29 is 4.74 Å². The van der Waals surface area contributed by atoms with Gasteiger partial charge in [-0.05, 0) is 45.2 Å². The number of rotatable bonds is 7. The molecule has 0 saturated carbocycles. The molecule has 1 heterocycles. The highest BCUT2D eigenvalue weighted by Crippen LogP contribution is 2.17. The van der Waals surface area contributed by atoms with E-state index in [-0.39, 0.29) is 0 Å². The minimum Gasteiger partial charge on any atom is -0.379 e. The second-order valence-electron chi connectivity index (χ2n) is 3.96. The van der Waals surface area contributed by atoms with E-state index >= 15 is 0 Å². The van der Waals surface area contributed by atoms with Crippen LogP contribution < -0.4 is 5.32 Å². The molecule has 1 atom stereocenters. The van der Waals surface area contributed by atoms with Crippen LogP contribution in [0.2, 0.25) is 0 Å². The average Bonchev–Trinajstić information content (AvgIpc) is 2.69. The maximum Gasteiger partial charge on any atom is 0.0518 e. The molecule has 1 unspecified atom stereocenters. The minimum atomic E-state index is 0.347.